The maximum atomic E-state index is 11.9. The second-order valence-corrected chi connectivity index (χ2v) is 5.51. The van der Waals surface area contributed by atoms with E-state index in [0.29, 0.717) is 28.2 Å². The molecule has 1 fully saturated rings. The Labute approximate surface area is 132 Å². The molecule has 116 valence electrons. The van der Waals surface area contributed by atoms with Crippen LogP contribution in [-0.4, -0.2) is 39.5 Å². The van der Waals surface area contributed by atoms with Gasteiger partial charge in [0.1, 0.15) is 0 Å². The SMILES string of the molecule is COc1cc(Br)c(NC(=O)NCC2CCCO2)cc1OC. The van der Waals surface area contributed by atoms with Gasteiger partial charge in [-0.1, -0.05) is 0 Å². The predicted octanol–water partition coefficient (Wildman–Crippen LogP) is 2.77. The first-order valence-electron chi connectivity index (χ1n) is 6.72. The molecule has 1 heterocycles. The Balaban J connectivity index is 1.96. The van der Waals surface area contributed by atoms with Gasteiger partial charge in [-0.15, -0.1) is 0 Å². The average molecular weight is 359 g/mol. The van der Waals surface area contributed by atoms with Gasteiger partial charge < -0.3 is 24.8 Å². The smallest absolute Gasteiger partial charge is 0.319 e. The molecule has 2 amide bonds. The topological polar surface area (TPSA) is 68.8 Å². The van der Waals surface area contributed by atoms with Crippen LogP contribution in [0.4, 0.5) is 10.5 Å². The van der Waals surface area contributed by atoms with Crippen molar-refractivity contribution in [2.45, 2.75) is 18.9 Å². The number of benzene rings is 1. The third-order valence-corrected chi connectivity index (χ3v) is 3.89. The molecule has 1 unspecified atom stereocenters. The lowest BCUT2D eigenvalue weighted by molar-refractivity contribution is 0.112. The largest absolute Gasteiger partial charge is 0.493 e. The number of urea groups is 1. The first-order valence-corrected chi connectivity index (χ1v) is 7.51. The van der Waals surface area contributed by atoms with Gasteiger partial charge in [-0.05, 0) is 28.8 Å². The number of rotatable bonds is 5. The van der Waals surface area contributed by atoms with Crippen LogP contribution < -0.4 is 20.1 Å². The second-order valence-electron chi connectivity index (χ2n) is 4.66. The summed E-state index contributed by atoms with van der Waals surface area (Å²) in [6.07, 6.45) is 2.15. The number of hydrogen-bond donors (Lipinski definition) is 2. The minimum atomic E-state index is -0.279. The molecule has 6 nitrogen and oxygen atoms in total. The van der Waals surface area contributed by atoms with Gasteiger partial charge in [0.15, 0.2) is 11.5 Å². The summed E-state index contributed by atoms with van der Waals surface area (Å²) < 4.78 is 16.6. The van der Waals surface area contributed by atoms with Crippen molar-refractivity contribution in [2.75, 3.05) is 32.7 Å². The van der Waals surface area contributed by atoms with Gasteiger partial charge in [0.2, 0.25) is 0 Å². The van der Waals surface area contributed by atoms with Gasteiger partial charge in [-0.2, -0.15) is 0 Å². The van der Waals surface area contributed by atoms with E-state index in [4.69, 9.17) is 14.2 Å². The predicted molar refractivity (Wildman–Crippen MR) is 83.2 cm³/mol. The van der Waals surface area contributed by atoms with Crippen LogP contribution in [0.1, 0.15) is 12.8 Å². The minimum absolute atomic E-state index is 0.115. The van der Waals surface area contributed by atoms with Crippen LogP contribution in [0, 0.1) is 0 Å². The molecule has 1 atom stereocenters. The molecular weight excluding hydrogens is 340 g/mol. The quantitative estimate of drug-likeness (QED) is 0.848. The lowest BCUT2D eigenvalue weighted by Crippen LogP contribution is -2.35. The summed E-state index contributed by atoms with van der Waals surface area (Å²) in [5.74, 6) is 1.14. The van der Waals surface area contributed by atoms with Crippen LogP contribution in [0.15, 0.2) is 16.6 Å². The summed E-state index contributed by atoms with van der Waals surface area (Å²) in [6, 6.07) is 3.17. The molecular formula is C14H19BrN2O4. The maximum Gasteiger partial charge on any atom is 0.319 e. The maximum absolute atomic E-state index is 11.9. The van der Waals surface area contributed by atoms with Gasteiger partial charge in [-0.25, -0.2) is 4.79 Å². The zero-order chi connectivity index (χ0) is 15.2. The zero-order valence-electron chi connectivity index (χ0n) is 12.1. The monoisotopic (exact) mass is 358 g/mol. The van der Waals surface area contributed by atoms with Crippen LogP contribution in [-0.2, 0) is 4.74 Å². The third-order valence-electron chi connectivity index (χ3n) is 3.24. The van der Waals surface area contributed by atoms with Crippen LogP contribution in [0.5, 0.6) is 11.5 Å². The number of ether oxygens (including phenoxy) is 3. The Morgan fingerprint density at radius 1 is 1.38 bits per heavy atom. The molecule has 0 saturated carbocycles. The van der Waals surface area contributed by atoms with Crippen molar-refractivity contribution in [3.63, 3.8) is 0 Å². The number of carbonyl (C=O) groups excluding carboxylic acids is 1. The van der Waals surface area contributed by atoms with Crippen molar-refractivity contribution in [3.05, 3.63) is 16.6 Å². The van der Waals surface area contributed by atoms with E-state index in [0.717, 1.165) is 19.4 Å². The second kappa shape index (κ2) is 7.51. The Bertz CT molecular complexity index is 504. The Morgan fingerprint density at radius 2 is 2.10 bits per heavy atom. The molecule has 0 aromatic heterocycles. The first-order chi connectivity index (χ1) is 10.1. The van der Waals surface area contributed by atoms with Gasteiger partial charge in [0.05, 0.1) is 26.0 Å². The highest BCUT2D eigenvalue weighted by Crippen LogP contribution is 2.36. The number of methoxy groups -OCH3 is 2. The first kappa shape index (κ1) is 15.9. The number of carbonyl (C=O) groups is 1. The average Bonchev–Trinajstić information content (AvgIpc) is 3.00. The van der Waals surface area contributed by atoms with Crippen molar-refractivity contribution in [1.82, 2.24) is 5.32 Å². The number of amides is 2. The number of hydrogen-bond acceptors (Lipinski definition) is 4. The number of nitrogens with one attached hydrogen (secondary N) is 2. The summed E-state index contributed by atoms with van der Waals surface area (Å²) >= 11 is 3.39. The fourth-order valence-corrected chi connectivity index (χ4v) is 2.55. The molecule has 0 radical (unpaired) electrons. The highest BCUT2D eigenvalue weighted by Gasteiger charge is 2.17. The van der Waals surface area contributed by atoms with Crippen molar-refractivity contribution < 1.29 is 19.0 Å². The van der Waals surface area contributed by atoms with Crippen LogP contribution in [0.2, 0.25) is 0 Å². The fourth-order valence-electron chi connectivity index (χ4n) is 2.13. The normalized spacial score (nSPS) is 17.4. The molecule has 2 N–H and O–H groups in total. The standard InChI is InChI=1S/C14H19BrN2O4/c1-19-12-6-10(15)11(7-13(12)20-2)17-14(18)16-8-9-4-3-5-21-9/h6-7,9H,3-5,8H2,1-2H3,(H2,16,17,18). The molecule has 21 heavy (non-hydrogen) atoms. The van der Waals surface area contributed by atoms with E-state index in [1.165, 1.54) is 0 Å². The summed E-state index contributed by atoms with van der Waals surface area (Å²) in [7, 11) is 3.11. The molecule has 1 aliphatic heterocycles. The van der Waals surface area contributed by atoms with E-state index in [2.05, 4.69) is 26.6 Å². The van der Waals surface area contributed by atoms with Crippen LogP contribution >= 0.6 is 15.9 Å². The van der Waals surface area contributed by atoms with Crippen LogP contribution in [0.25, 0.3) is 0 Å². The van der Waals surface area contributed by atoms with Gasteiger partial charge in [0, 0.05) is 29.8 Å². The zero-order valence-corrected chi connectivity index (χ0v) is 13.7. The summed E-state index contributed by atoms with van der Waals surface area (Å²) in [4.78, 5) is 11.9. The summed E-state index contributed by atoms with van der Waals surface area (Å²) in [5, 5.41) is 5.57. The highest BCUT2D eigenvalue weighted by atomic mass is 79.9. The lowest BCUT2D eigenvalue weighted by atomic mass is 10.2. The van der Waals surface area contributed by atoms with Crippen LogP contribution in [0.3, 0.4) is 0 Å². The number of anilines is 1. The number of halogens is 1. The molecule has 0 aliphatic carbocycles. The molecule has 2 rings (SSSR count). The van der Waals surface area contributed by atoms with E-state index in [-0.39, 0.29) is 12.1 Å². The molecule has 1 saturated heterocycles. The van der Waals surface area contributed by atoms with E-state index < -0.39 is 0 Å². The Hall–Kier alpha value is -1.47. The van der Waals surface area contributed by atoms with Crippen molar-refractivity contribution in [3.8, 4) is 11.5 Å². The van der Waals surface area contributed by atoms with Gasteiger partial charge >= 0.3 is 6.03 Å². The lowest BCUT2D eigenvalue weighted by Gasteiger charge is -2.14. The van der Waals surface area contributed by atoms with Crippen molar-refractivity contribution in [1.29, 1.82) is 0 Å². The third kappa shape index (κ3) is 4.25. The highest BCUT2D eigenvalue weighted by molar-refractivity contribution is 9.10. The van der Waals surface area contributed by atoms with E-state index >= 15 is 0 Å². The molecule has 1 aromatic rings. The fraction of sp³-hybridized carbons (Fsp3) is 0.500. The molecule has 0 spiro atoms. The minimum Gasteiger partial charge on any atom is -0.493 e. The molecule has 1 aliphatic rings. The summed E-state index contributed by atoms with van der Waals surface area (Å²) in [5.41, 5.74) is 0.609. The van der Waals surface area contributed by atoms with Gasteiger partial charge in [0.25, 0.3) is 0 Å². The van der Waals surface area contributed by atoms with Crippen molar-refractivity contribution >= 4 is 27.6 Å². The van der Waals surface area contributed by atoms with Crippen molar-refractivity contribution in [2.24, 2.45) is 0 Å². The van der Waals surface area contributed by atoms with E-state index in [9.17, 15) is 4.79 Å². The van der Waals surface area contributed by atoms with Gasteiger partial charge in [-0.3, -0.25) is 0 Å². The Kier molecular flexibility index (Phi) is 5.69. The van der Waals surface area contributed by atoms with E-state index in [1.807, 2.05) is 0 Å². The summed E-state index contributed by atoms with van der Waals surface area (Å²) in [6.45, 7) is 1.28. The molecule has 7 heteroatoms. The Morgan fingerprint density at radius 3 is 2.71 bits per heavy atom. The molecule has 0 bridgehead atoms. The van der Waals surface area contributed by atoms with E-state index in [1.54, 1.807) is 26.4 Å². The molecule has 1 aromatic carbocycles.